The van der Waals surface area contributed by atoms with Gasteiger partial charge in [-0.2, -0.15) is 5.26 Å². The Kier molecular flexibility index (Phi) is 3.48. The van der Waals surface area contributed by atoms with Crippen molar-refractivity contribution < 1.29 is 0 Å². The van der Waals surface area contributed by atoms with Crippen LogP contribution in [0.1, 0.15) is 12.2 Å². The number of halogens is 1. The lowest BCUT2D eigenvalue weighted by Crippen LogP contribution is -2.08. The fourth-order valence-corrected chi connectivity index (χ4v) is 1.13. The number of aromatic nitrogens is 2. The highest BCUT2D eigenvalue weighted by atomic mass is 35.5. The molecule has 0 aliphatic carbocycles. The van der Waals surface area contributed by atoms with Crippen LogP contribution in [0.4, 0.5) is 11.5 Å². The quantitative estimate of drug-likeness (QED) is 0.582. The van der Waals surface area contributed by atoms with Gasteiger partial charge < -0.3 is 11.1 Å². The van der Waals surface area contributed by atoms with Crippen LogP contribution >= 0.6 is 11.6 Å². The smallest absolute Gasteiger partial charge is 0.157 e. The predicted octanol–water partition coefficient (Wildman–Crippen LogP) is 1.35. The van der Waals surface area contributed by atoms with Crippen molar-refractivity contribution in [3.8, 4) is 6.07 Å². The molecule has 0 atom stereocenters. The minimum absolute atomic E-state index is 0.233. The molecular weight excluding hydrogens is 202 g/mol. The Hall–Kier alpha value is -1.54. The summed E-state index contributed by atoms with van der Waals surface area (Å²) in [5.74, 6) is 1.03. The van der Waals surface area contributed by atoms with E-state index < -0.39 is 0 Å². The minimum atomic E-state index is 0.233. The molecule has 74 valence electrons. The van der Waals surface area contributed by atoms with E-state index in [4.69, 9.17) is 22.6 Å². The fourth-order valence-electron chi connectivity index (χ4n) is 0.919. The van der Waals surface area contributed by atoms with Gasteiger partial charge in [0, 0.05) is 6.54 Å². The molecule has 14 heavy (non-hydrogen) atoms. The maximum Gasteiger partial charge on any atom is 0.157 e. The molecule has 1 aromatic rings. The molecule has 0 amide bonds. The van der Waals surface area contributed by atoms with Gasteiger partial charge in [-0.05, 0) is 6.92 Å². The zero-order chi connectivity index (χ0) is 10.6. The number of nitrogen functional groups attached to an aromatic ring is 1. The van der Waals surface area contributed by atoms with Gasteiger partial charge >= 0.3 is 0 Å². The van der Waals surface area contributed by atoms with E-state index in [0.717, 1.165) is 0 Å². The van der Waals surface area contributed by atoms with Crippen LogP contribution in [0.5, 0.6) is 0 Å². The van der Waals surface area contributed by atoms with Gasteiger partial charge in [-0.1, -0.05) is 11.6 Å². The molecule has 6 heteroatoms. The van der Waals surface area contributed by atoms with Crippen LogP contribution in [0.25, 0.3) is 0 Å². The predicted molar refractivity (Wildman–Crippen MR) is 54.9 cm³/mol. The second kappa shape index (κ2) is 4.63. The summed E-state index contributed by atoms with van der Waals surface area (Å²) in [7, 11) is 0. The molecule has 0 fully saturated rings. The molecule has 5 nitrogen and oxygen atoms in total. The number of nitriles is 1. The van der Waals surface area contributed by atoms with E-state index in [1.54, 1.807) is 6.92 Å². The first-order chi connectivity index (χ1) is 6.65. The second-order valence-electron chi connectivity index (χ2n) is 2.66. The van der Waals surface area contributed by atoms with Gasteiger partial charge in [0.2, 0.25) is 0 Å². The van der Waals surface area contributed by atoms with Crippen LogP contribution in [0.2, 0.25) is 5.15 Å². The van der Waals surface area contributed by atoms with Gasteiger partial charge in [0.1, 0.15) is 11.5 Å². The standard InChI is InChI=1S/C8H10ClN5/c1-5-13-7(9)6(11)8(14-5)12-4-2-3-10/h2,4,11H2,1H3,(H,12,13,14). The van der Waals surface area contributed by atoms with Crippen LogP contribution in [0, 0.1) is 18.3 Å². The highest BCUT2D eigenvalue weighted by Crippen LogP contribution is 2.22. The Morgan fingerprint density at radius 2 is 2.29 bits per heavy atom. The van der Waals surface area contributed by atoms with E-state index in [-0.39, 0.29) is 5.15 Å². The Morgan fingerprint density at radius 1 is 1.57 bits per heavy atom. The molecule has 0 aromatic carbocycles. The highest BCUT2D eigenvalue weighted by molar-refractivity contribution is 6.32. The van der Waals surface area contributed by atoms with Crippen molar-refractivity contribution in [3.05, 3.63) is 11.0 Å². The van der Waals surface area contributed by atoms with Crippen LogP contribution in [0.15, 0.2) is 0 Å². The zero-order valence-corrected chi connectivity index (χ0v) is 8.47. The third-order valence-corrected chi connectivity index (χ3v) is 1.83. The molecule has 3 N–H and O–H groups in total. The van der Waals surface area contributed by atoms with Crippen LogP contribution in [-0.2, 0) is 0 Å². The lowest BCUT2D eigenvalue weighted by atomic mass is 10.4. The van der Waals surface area contributed by atoms with Crippen molar-refractivity contribution in [2.45, 2.75) is 13.3 Å². The summed E-state index contributed by atoms with van der Waals surface area (Å²) in [6.45, 7) is 2.22. The summed E-state index contributed by atoms with van der Waals surface area (Å²) >= 11 is 5.75. The molecule has 0 spiro atoms. The Labute approximate surface area is 86.9 Å². The Bertz CT molecular complexity index is 371. The van der Waals surface area contributed by atoms with Crippen molar-refractivity contribution in [2.24, 2.45) is 0 Å². The van der Waals surface area contributed by atoms with Crippen molar-refractivity contribution in [2.75, 3.05) is 17.6 Å². The average Bonchev–Trinajstić information content (AvgIpc) is 2.13. The van der Waals surface area contributed by atoms with E-state index in [2.05, 4.69) is 15.3 Å². The number of aryl methyl sites for hydroxylation is 1. The maximum absolute atomic E-state index is 8.34. The Balaban J connectivity index is 2.81. The lowest BCUT2D eigenvalue weighted by molar-refractivity contribution is 1.01. The molecule has 0 unspecified atom stereocenters. The van der Waals surface area contributed by atoms with Crippen molar-refractivity contribution >= 4 is 23.1 Å². The van der Waals surface area contributed by atoms with E-state index in [9.17, 15) is 0 Å². The molecule has 1 heterocycles. The number of hydrogen-bond donors (Lipinski definition) is 2. The first-order valence-electron chi connectivity index (χ1n) is 4.05. The van der Waals surface area contributed by atoms with Crippen LogP contribution < -0.4 is 11.1 Å². The van der Waals surface area contributed by atoms with Gasteiger partial charge in [-0.15, -0.1) is 0 Å². The summed E-state index contributed by atoms with van der Waals surface area (Å²) in [5.41, 5.74) is 5.95. The largest absolute Gasteiger partial charge is 0.393 e. The molecular formula is C8H10ClN5. The minimum Gasteiger partial charge on any atom is -0.393 e. The van der Waals surface area contributed by atoms with E-state index >= 15 is 0 Å². The third kappa shape index (κ3) is 2.47. The second-order valence-corrected chi connectivity index (χ2v) is 3.02. The molecule has 0 bridgehead atoms. The van der Waals surface area contributed by atoms with Gasteiger partial charge in [-0.25, -0.2) is 9.97 Å². The number of nitrogens with two attached hydrogens (primary N) is 1. The average molecular weight is 212 g/mol. The van der Waals surface area contributed by atoms with Crippen LogP contribution in [-0.4, -0.2) is 16.5 Å². The van der Waals surface area contributed by atoms with Crippen LogP contribution in [0.3, 0.4) is 0 Å². The lowest BCUT2D eigenvalue weighted by Gasteiger charge is -2.07. The number of hydrogen-bond acceptors (Lipinski definition) is 5. The zero-order valence-electron chi connectivity index (χ0n) is 7.71. The first-order valence-corrected chi connectivity index (χ1v) is 4.43. The molecule has 0 saturated carbocycles. The van der Waals surface area contributed by atoms with E-state index in [1.165, 1.54) is 0 Å². The number of rotatable bonds is 3. The summed E-state index contributed by atoms with van der Waals surface area (Å²) in [6.07, 6.45) is 0.389. The van der Waals surface area contributed by atoms with Gasteiger partial charge in [0.15, 0.2) is 11.0 Å². The number of nitrogens with zero attached hydrogens (tertiary/aromatic N) is 3. The Morgan fingerprint density at radius 3 is 2.93 bits per heavy atom. The summed E-state index contributed by atoms with van der Waals surface area (Å²) in [4.78, 5) is 7.95. The third-order valence-electron chi connectivity index (χ3n) is 1.54. The molecule has 0 aliphatic rings. The fraction of sp³-hybridized carbons (Fsp3) is 0.375. The van der Waals surface area contributed by atoms with Crippen molar-refractivity contribution in [1.29, 1.82) is 5.26 Å². The highest BCUT2D eigenvalue weighted by Gasteiger charge is 2.06. The number of anilines is 2. The normalized spacial score (nSPS) is 9.50. The summed E-state index contributed by atoms with van der Waals surface area (Å²) in [5, 5.41) is 11.5. The molecule has 1 rings (SSSR count). The van der Waals surface area contributed by atoms with Crippen molar-refractivity contribution in [1.82, 2.24) is 9.97 Å². The van der Waals surface area contributed by atoms with Gasteiger partial charge in [-0.3, -0.25) is 0 Å². The number of nitrogens with one attached hydrogen (secondary N) is 1. The van der Waals surface area contributed by atoms with Crippen molar-refractivity contribution in [3.63, 3.8) is 0 Å². The first kappa shape index (κ1) is 10.5. The molecule has 0 aliphatic heterocycles. The molecule has 0 radical (unpaired) electrons. The molecule has 1 aromatic heterocycles. The van der Waals surface area contributed by atoms with E-state index in [0.29, 0.717) is 30.3 Å². The monoisotopic (exact) mass is 211 g/mol. The van der Waals surface area contributed by atoms with Gasteiger partial charge in [0.25, 0.3) is 0 Å². The molecule has 0 saturated heterocycles. The summed E-state index contributed by atoms with van der Waals surface area (Å²) in [6, 6.07) is 2.01. The van der Waals surface area contributed by atoms with E-state index in [1.807, 2.05) is 6.07 Å². The SMILES string of the molecule is Cc1nc(Cl)c(N)c(NCCC#N)n1. The topological polar surface area (TPSA) is 87.6 Å². The van der Waals surface area contributed by atoms with Gasteiger partial charge in [0.05, 0.1) is 12.5 Å². The summed E-state index contributed by atoms with van der Waals surface area (Å²) < 4.78 is 0. The maximum atomic E-state index is 8.34.